The average Bonchev–Trinajstić information content (AvgIpc) is 2.70. The van der Waals surface area contributed by atoms with Gasteiger partial charge in [0.15, 0.2) is 5.78 Å². The van der Waals surface area contributed by atoms with E-state index in [1.807, 2.05) is 19.1 Å². The normalized spacial score (nSPS) is 11.0. The van der Waals surface area contributed by atoms with Crippen LogP contribution in [-0.2, 0) is 19.6 Å². The van der Waals surface area contributed by atoms with Gasteiger partial charge in [-0.2, -0.15) is 0 Å². The highest BCUT2D eigenvalue weighted by atomic mass is 32.2. The van der Waals surface area contributed by atoms with E-state index >= 15 is 0 Å². The Balaban J connectivity index is 1.72. The summed E-state index contributed by atoms with van der Waals surface area (Å²) in [6.07, 6.45) is 0.116. The molecule has 0 saturated carbocycles. The van der Waals surface area contributed by atoms with Gasteiger partial charge in [-0.25, -0.2) is 13.1 Å². The molecule has 0 saturated heterocycles. The standard InChI is InChI=1S/C21H25N3O5S/c1-15-3-5-17(6-4-15)20(26)11-12-21(27)22-13-14-23-30(28,29)19-9-7-18(8-10-19)24-16(2)25/h3-10,23H,11-14H2,1-2H3,(H,22,27)(H,24,25). The van der Waals surface area contributed by atoms with Crippen molar-refractivity contribution in [1.82, 2.24) is 10.0 Å². The maximum atomic E-state index is 12.3. The molecular formula is C21H25N3O5S. The Bertz CT molecular complexity index is 1000. The molecule has 0 atom stereocenters. The molecule has 0 heterocycles. The highest BCUT2D eigenvalue weighted by Gasteiger charge is 2.14. The van der Waals surface area contributed by atoms with Gasteiger partial charge >= 0.3 is 0 Å². The van der Waals surface area contributed by atoms with E-state index < -0.39 is 10.0 Å². The van der Waals surface area contributed by atoms with Gasteiger partial charge in [0, 0.05) is 44.1 Å². The van der Waals surface area contributed by atoms with Gasteiger partial charge in [-0.05, 0) is 31.2 Å². The summed E-state index contributed by atoms with van der Waals surface area (Å²) >= 11 is 0. The fourth-order valence-electron chi connectivity index (χ4n) is 2.59. The van der Waals surface area contributed by atoms with E-state index in [4.69, 9.17) is 0 Å². The van der Waals surface area contributed by atoms with Crippen LogP contribution in [-0.4, -0.2) is 39.1 Å². The summed E-state index contributed by atoms with van der Waals surface area (Å²) in [6.45, 7) is 3.39. The predicted molar refractivity (Wildman–Crippen MR) is 114 cm³/mol. The predicted octanol–water partition coefficient (Wildman–Crippen LogP) is 2.01. The first-order valence-electron chi connectivity index (χ1n) is 9.41. The molecule has 9 heteroatoms. The lowest BCUT2D eigenvalue weighted by molar-refractivity contribution is -0.121. The quantitative estimate of drug-likeness (QED) is 0.392. The second-order valence-corrected chi connectivity index (χ2v) is 8.51. The zero-order valence-electron chi connectivity index (χ0n) is 16.9. The van der Waals surface area contributed by atoms with Crippen molar-refractivity contribution >= 4 is 33.3 Å². The zero-order valence-corrected chi connectivity index (χ0v) is 17.7. The summed E-state index contributed by atoms with van der Waals surface area (Å²) < 4.78 is 26.9. The van der Waals surface area contributed by atoms with E-state index in [1.165, 1.54) is 31.2 Å². The molecule has 0 aliphatic heterocycles. The van der Waals surface area contributed by atoms with Crippen molar-refractivity contribution < 1.29 is 22.8 Å². The van der Waals surface area contributed by atoms with Crippen molar-refractivity contribution in [2.75, 3.05) is 18.4 Å². The molecule has 0 bridgehead atoms. The molecule has 3 N–H and O–H groups in total. The molecule has 0 radical (unpaired) electrons. The van der Waals surface area contributed by atoms with Crippen molar-refractivity contribution in [1.29, 1.82) is 0 Å². The van der Waals surface area contributed by atoms with Crippen LogP contribution in [0, 0.1) is 6.92 Å². The van der Waals surface area contributed by atoms with Crippen molar-refractivity contribution in [3.8, 4) is 0 Å². The summed E-state index contributed by atoms with van der Waals surface area (Å²) in [5, 5.41) is 5.14. The molecule has 2 rings (SSSR count). The van der Waals surface area contributed by atoms with Gasteiger partial charge in [-0.1, -0.05) is 29.8 Å². The summed E-state index contributed by atoms with van der Waals surface area (Å²) in [6, 6.07) is 12.9. The van der Waals surface area contributed by atoms with Crippen LogP contribution in [0.3, 0.4) is 0 Å². The lowest BCUT2D eigenvalue weighted by Gasteiger charge is -2.09. The Morgan fingerprint density at radius 3 is 2.10 bits per heavy atom. The smallest absolute Gasteiger partial charge is 0.240 e. The fourth-order valence-corrected chi connectivity index (χ4v) is 3.62. The second-order valence-electron chi connectivity index (χ2n) is 6.74. The van der Waals surface area contributed by atoms with E-state index in [2.05, 4.69) is 15.4 Å². The molecule has 2 aromatic rings. The SMILES string of the molecule is CC(=O)Nc1ccc(S(=O)(=O)NCCNC(=O)CCC(=O)c2ccc(C)cc2)cc1. The number of amides is 2. The number of anilines is 1. The second kappa shape index (κ2) is 10.7. The van der Waals surface area contributed by atoms with Crippen LogP contribution in [0.5, 0.6) is 0 Å². The molecule has 0 fully saturated rings. The molecule has 2 amide bonds. The minimum absolute atomic E-state index is 0.00737. The van der Waals surface area contributed by atoms with Crippen LogP contribution in [0.15, 0.2) is 53.4 Å². The first-order chi connectivity index (χ1) is 14.2. The van der Waals surface area contributed by atoms with Gasteiger partial charge in [0.05, 0.1) is 4.90 Å². The van der Waals surface area contributed by atoms with Crippen LogP contribution < -0.4 is 15.4 Å². The molecule has 0 spiro atoms. The molecule has 0 unspecified atom stereocenters. The summed E-state index contributed by atoms with van der Waals surface area (Å²) in [4.78, 5) is 35.0. The third-order valence-electron chi connectivity index (χ3n) is 4.18. The largest absolute Gasteiger partial charge is 0.355 e. The van der Waals surface area contributed by atoms with Crippen LogP contribution >= 0.6 is 0 Å². The van der Waals surface area contributed by atoms with E-state index in [9.17, 15) is 22.8 Å². The van der Waals surface area contributed by atoms with E-state index in [-0.39, 0.29) is 48.4 Å². The monoisotopic (exact) mass is 431 g/mol. The van der Waals surface area contributed by atoms with Crippen molar-refractivity contribution in [3.63, 3.8) is 0 Å². The zero-order chi connectivity index (χ0) is 22.1. The van der Waals surface area contributed by atoms with Gasteiger partial charge in [-0.3, -0.25) is 14.4 Å². The Hall–Kier alpha value is -3.04. The molecule has 0 aliphatic carbocycles. The molecule has 2 aromatic carbocycles. The van der Waals surface area contributed by atoms with E-state index in [1.54, 1.807) is 12.1 Å². The minimum atomic E-state index is -3.74. The number of carbonyl (C=O) groups excluding carboxylic acids is 3. The Morgan fingerprint density at radius 2 is 1.50 bits per heavy atom. The first kappa shape index (κ1) is 23.2. The Labute approximate surface area is 176 Å². The Morgan fingerprint density at radius 1 is 0.867 bits per heavy atom. The summed E-state index contributed by atoms with van der Waals surface area (Å²) in [5.74, 6) is -0.692. The van der Waals surface area contributed by atoms with Crippen LogP contribution in [0.4, 0.5) is 5.69 Å². The van der Waals surface area contributed by atoms with Gasteiger partial charge in [-0.15, -0.1) is 0 Å². The number of nitrogens with one attached hydrogen (secondary N) is 3. The molecule has 30 heavy (non-hydrogen) atoms. The maximum Gasteiger partial charge on any atom is 0.240 e. The Kier molecular flexibility index (Phi) is 8.25. The topological polar surface area (TPSA) is 121 Å². The van der Waals surface area contributed by atoms with Crippen molar-refractivity contribution in [2.24, 2.45) is 0 Å². The highest BCUT2D eigenvalue weighted by molar-refractivity contribution is 7.89. The molecule has 160 valence electrons. The van der Waals surface area contributed by atoms with Gasteiger partial charge in [0.1, 0.15) is 0 Å². The van der Waals surface area contributed by atoms with Crippen molar-refractivity contribution in [2.45, 2.75) is 31.6 Å². The van der Waals surface area contributed by atoms with Gasteiger partial charge < -0.3 is 10.6 Å². The summed E-state index contributed by atoms with van der Waals surface area (Å²) in [5.41, 5.74) is 2.11. The fraction of sp³-hybridized carbons (Fsp3) is 0.286. The number of rotatable bonds is 10. The first-order valence-corrected chi connectivity index (χ1v) is 10.9. The number of hydrogen-bond acceptors (Lipinski definition) is 5. The number of aryl methyl sites for hydroxylation is 1. The molecule has 8 nitrogen and oxygen atoms in total. The van der Waals surface area contributed by atoms with Crippen LogP contribution in [0.2, 0.25) is 0 Å². The third kappa shape index (κ3) is 7.41. The van der Waals surface area contributed by atoms with Crippen LogP contribution in [0.25, 0.3) is 0 Å². The number of hydrogen-bond donors (Lipinski definition) is 3. The van der Waals surface area contributed by atoms with Crippen molar-refractivity contribution in [3.05, 3.63) is 59.7 Å². The molecule has 0 aliphatic rings. The van der Waals surface area contributed by atoms with Gasteiger partial charge in [0.2, 0.25) is 21.8 Å². The molecular weight excluding hydrogens is 406 g/mol. The molecule has 0 aromatic heterocycles. The average molecular weight is 432 g/mol. The number of Topliss-reactive ketones (excluding diaryl/α,β-unsaturated/α-hetero) is 1. The number of benzene rings is 2. The van der Waals surface area contributed by atoms with Crippen LogP contribution in [0.1, 0.15) is 35.7 Å². The van der Waals surface area contributed by atoms with Gasteiger partial charge in [0.25, 0.3) is 0 Å². The maximum absolute atomic E-state index is 12.3. The summed E-state index contributed by atoms with van der Waals surface area (Å²) in [7, 11) is -3.74. The van der Waals surface area contributed by atoms with E-state index in [0.717, 1.165) is 5.56 Å². The lowest BCUT2D eigenvalue weighted by Crippen LogP contribution is -2.34. The lowest BCUT2D eigenvalue weighted by atomic mass is 10.1. The minimum Gasteiger partial charge on any atom is -0.355 e. The highest BCUT2D eigenvalue weighted by Crippen LogP contribution is 2.13. The number of sulfonamides is 1. The number of ketones is 1. The third-order valence-corrected chi connectivity index (χ3v) is 5.65. The van der Waals surface area contributed by atoms with E-state index in [0.29, 0.717) is 11.3 Å². The number of carbonyl (C=O) groups is 3.